The average molecular weight is 248 g/mol. The van der Waals surface area contributed by atoms with Crippen LogP contribution in [0.5, 0.6) is 0 Å². The molecule has 0 radical (unpaired) electrons. The zero-order valence-corrected chi connectivity index (χ0v) is 10.9. The third-order valence-corrected chi connectivity index (χ3v) is 4.56. The van der Waals surface area contributed by atoms with Crippen molar-refractivity contribution in [3.8, 4) is 0 Å². The lowest BCUT2D eigenvalue weighted by molar-refractivity contribution is 0.188. The van der Waals surface area contributed by atoms with Gasteiger partial charge in [0, 0.05) is 6.04 Å². The molecular weight excluding hydrogens is 232 g/mol. The lowest BCUT2D eigenvalue weighted by Crippen LogP contribution is -2.30. The molecule has 1 aromatic carbocycles. The van der Waals surface area contributed by atoms with E-state index in [1.54, 1.807) is 11.3 Å². The largest absolute Gasteiger partial charge is 0.379 e. The summed E-state index contributed by atoms with van der Waals surface area (Å²) in [4.78, 5) is 4.79. The van der Waals surface area contributed by atoms with Crippen LogP contribution in [0.25, 0.3) is 10.2 Å². The Morgan fingerprint density at radius 1 is 1.41 bits per heavy atom. The molecule has 2 aromatic rings. The number of likely N-dealkylation sites (N-methyl/N-ethyl adjacent to an activating group) is 1. The third-order valence-electron chi connectivity index (χ3n) is 3.41. The highest BCUT2D eigenvalue weighted by molar-refractivity contribution is 7.18. The standard InChI is InChI=1S/C13H16N2OS/c1-8-4-3-5-11-12(8)15-13(17-11)9-6-16-7-10(9)14-2/h3-5,9-10,14H,6-7H2,1-2H3. The Morgan fingerprint density at radius 3 is 3.06 bits per heavy atom. The van der Waals surface area contributed by atoms with Crippen LogP contribution in [0.15, 0.2) is 18.2 Å². The number of ether oxygens (including phenoxy) is 1. The molecule has 4 heteroatoms. The van der Waals surface area contributed by atoms with Crippen LogP contribution < -0.4 is 5.32 Å². The summed E-state index contributed by atoms with van der Waals surface area (Å²) in [5.74, 6) is 0.400. The minimum absolute atomic E-state index is 0.399. The molecule has 0 amide bonds. The van der Waals surface area contributed by atoms with Gasteiger partial charge in [-0.25, -0.2) is 4.98 Å². The van der Waals surface area contributed by atoms with Crippen molar-refractivity contribution in [3.63, 3.8) is 0 Å². The zero-order chi connectivity index (χ0) is 11.8. The SMILES string of the molecule is CNC1COCC1c1nc2c(C)cccc2s1. The first-order valence-electron chi connectivity index (χ1n) is 5.90. The van der Waals surface area contributed by atoms with Crippen LogP contribution in [-0.4, -0.2) is 31.3 Å². The van der Waals surface area contributed by atoms with Crippen molar-refractivity contribution in [3.05, 3.63) is 28.8 Å². The van der Waals surface area contributed by atoms with E-state index in [1.807, 2.05) is 7.05 Å². The van der Waals surface area contributed by atoms with Gasteiger partial charge in [0.1, 0.15) is 5.01 Å². The molecule has 2 atom stereocenters. The van der Waals surface area contributed by atoms with E-state index in [0.29, 0.717) is 12.0 Å². The van der Waals surface area contributed by atoms with Crippen molar-refractivity contribution in [2.45, 2.75) is 18.9 Å². The van der Waals surface area contributed by atoms with Crippen molar-refractivity contribution in [1.29, 1.82) is 0 Å². The topological polar surface area (TPSA) is 34.1 Å². The molecule has 0 bridgehead atoms. The van der Waals surface area contributed by atoms with E-state index < -0.39 is 0 Å². The summed E-state index contributed by atoms with van der Waals surface area (Å²) < 4.78 is 6.82. The number of aryl methyl sites for hydroxylation is 1. The minimum Gasteiger partial charge on any atom is -0.379 e. The molecule has 0 saturated carbocycles. The number of thiazole rings is 1. The number of aromatic nitrogens is 1. The van der Waals surface area contributed by atoms with Crippen molar-refractivity contribution in [1.82, 2.24) is 10.3 Å². The molecule has 2 heterocycles. The number of fused-ring (bicyclic) bond motifs is 1. The fourth-order valence-corrected chi connectivity index (χ4v) is 3.54. The molecule has 1 fully saturated rings. The molecule has 17 heavy (non-hydrogen) atoms. The van der Waals surface area contributed by atoms with E-state index in [1.165, 1.54) is 15.3 Å². The van der Waals surface area contributed by atoms with Gasteiger partial charge in [-0.3, -0.25) is 0 Å². The smallest absolute Gasteiger partial charge is 0.101 e. The molecule has 1 aliphatic rings. The maximum Gasteiger partial charge on any atom is 0.101 e. The van der Waals surface area contributed by atoms with Gasteiger partial charge in [0.05, 0.1) is 29.3 Å². The van der Waals surface area contributed by atoms with E-state index in [-0.39, 0.29) is 0 Å². The third kappa shape index (κ3) is 1.86. The Bertz CT molecular complexity index is 537. The fraction of sp³-hybridized carbons (Fsp3) is 0.462. The van der Waals surface area contributed by atoms with Crippen LogP contribution in [-0.2, 0) is 4.74 Å². The number of hydrogen-bond donors (Lipinski definition) is 1. The Morgan fingerprint density at radius 2 is 2.29 bits per heavy atom. The summed E-state index contributed by atoms with van der Waals surface area (Å²) in [7, 11) is 1.99. The Hall–Kier alpha value is -0.970. The second-order valence-electron chi connectivity index (χ2n) is 4.51. The number of para-hydroxylation sites is 1. The van der Waals surface area contributed by atoms with Crippen LogP contribution in [0, 0.1) is 6.92 Å². The Kier molecular flexibility index (Phi) is 2.86. The Balaban J connectivity index is 2.03. The van der Waals surface area contributed by atoms with Gasteiger partial charge in [0.15, 0.2) is 0 Å². The zero-order valence-electron chi connectivity index (χ0n) is 10.1. The molecule has 3 nitrogen and oxygen atoms in total. The predicted molar refractivity (Wildman–Crippen MR) is 70.8 cm³/mol. The number of rotatable bonds is 2. The molecule has 3 rings (SSSR count). The van der Waals surface area contributed by atoms with Crippen molar-refractivity contribution < 1.29 is 4.74 Å². The van der Waals surface area contributed by atoms with Crippen molar-refractivity contribution in [2.24, 2.45) is 0 Å². The van der Waals surface area contributed by atoms with Crippen molar-refractivity contribution in [2.75, 3.05) is 20.3 Å². The number of benzene rings is 1. The molecule has 90 valence electrons. The van der Waals surface area contributed by atoms with Gasteiger partial charge in [-0.05, 0) is 25.6 Å². The molecule has 2 unspecified atom stereocenters. The maximum atomic E-state index is 5.55. The fourth-order valence-electron chi connectivity index (χ4n) is 2.34. The first kappa shape index (κ1) is 11.1. The second-order valence-corrected chi connectivity index (χ2v) is 5.58. The molecule has 1 aromatic heterocycles. The number of nitrogens with one attached hydrogen (secondary N) is 1. The lowest BCUT2D eigenvalue weighted by atomic mass is 10.1. The van der Waals surface area contributed by atoms with Gasteiger partial charge < -0.3 is 10.1 Å². The lowest BCUT2D eigenvalue weighted by Gasteiger charge is -2.13. The Labute approximate surface area is 105 Å². The second kappa shape index (κ2) is 4.37. The van der Waals surface area contributed by atoms with Crippen LogP contribution in [0.4, 0.5) is 0 Å². The normalized spacial score (nSPS) is 24.6. The van der Waals surface area contributed by atoms with E-state index in [2.05, 4.69) is 30.4 Å². The first-order chi connectivity index (χ1) is 8.29. The van der Waals surface area contributed by atoms with Gasteiger partial charge in [-0.1, -0.05) is 12.1 Å². The summed E-state index contributed by atoms with van der Waals surface area (Å²) in [6.45, 7) is 3.69. The minimum atomic E-state index is 0.399. The molecule has 0 aliphatic carbocycles. The molecular formula is C13H16N2OS. The number of nitrogens with zero attached hydrogens (tertiary/aromatic N) is 1. The summed E-state index contributed by atoms with van der Waals surface area (Å²) in [5, 5.41) is 4.51. The van der Waals surface area contributed by atoms with Crippen LogP contribution in [0.2, 0.25) is 0 Å². The molecule has 1 N–H and O–H groups in total. The first-order valence-corrected chi connectivity index (χ1v) is 6.72. The number of hydrogen-bond acceptors (Lipinski definition) is 4. The summed E-state index contributed by atoms with van der Waals surface area (Å²) in [6, 6.07) is 6.76. The van der Waals surface area contributed by atoms with E-state index >= 15 is 0 Å². The van der Waals surface area contributed by atoms with Gasteiger partial charge in [0.25, 0.3) is 0 Å². The molecule has 1 saturated heterocycles. The van der Waals surface area contributed by atoms with Gasteiger partial charge in [-0.15, -0.1) is 11.3 Å². The summed E-state index contributed by atoms with van der Waals surface area (Å²) in [5.41, 5.74) is 2.40. The van der Waals surface area contributed by atoms with Crippen LogP contribution in [0.3, 0.4) is 0 Å². The van der Waals surface area contributed by atoms with Crippen LogP contribution in [0.1, 0.15) is 16.5 Å². The summed E-state index contributed by atoms with van der Waals surface area (Å²) in [6.07, 6.45) is 0. The quantitative estimate of drug-likeness (QED) is 0.885. The molecule has 1 aliphatic heterocycles. The van der Waals surface area contributed by atoms with E-state index in [4.69, 9.17) is 9.72 Å². The maximum absolute atomic E-state index is 5.55. The average Bonchev–Trinajstić information content (AvgIpc) is 2.94. The highest BCUT2D eigenvalue weighted by Crippen LogP contribution is 2.33. The monoisotopic (exact) mass is 248 g/mol. The molecule has 0 spiro atoms. The van der Waals surface area contributed by atoms with E-state index in [9.17, 15) is 0 Å². The van der Waals surface area contributed by atoms with Gasteiger partial charge in [-0.2, -0.15) is 0 Å². The summed E-state index contributed by atoms with van der Waals surface area (Å²) >= 11 is 1.80. The van der Waals surface area contributed by atoms with Gasteiger partial charge in [0.2, 0.25) is 0 Å². The van der Waals surface area contributed by atoms with Crippen molar-refractivity contribution >= 4 is 21.6 Å². The predicted octanol–water partition coefficient (Wildman–Crippen LogP) is 2.31. The van der Waals surface area contributed by atoms with E-state index in [0.717, 1.165) is 18.7 Å². The van der Waals surface area contributed by atoms with Gasteiger partial charge >= 0.3 is 0 Å². The highest BCUT2D eigenvalue weighted by Gasteiger charge is 2.30. The highest BCUT2D eigenvalue weighted by atomic mass is 32.1. The van der Waals surface area contributed by atoms with Crippen LogP contribution >= 0.6 is 11.3 Å².